The molecule has 112 valence electrons. The summed E-state index contributed by atoms with van der Waals surface area (Å²) in [6, 6.07) is 0. The second-order valence-corrected chi connectivity index (χ2v) is 8.29. The van der Waals surface area contributed by atoms with E-state index in [4.69, 9.17) is 5.73 Å². The van der Waals surface area contributed by atoms with E-state index >= 15 is 0 Å². The largest absolute Gasteiger partial charge is 0.329 e. The van der Waals surface area contributed by atoms with Gasteiger partial charge in [0.2, 0.25) is 0 Å². The third-order valence-corrected chi connectivity index (χ3v) is 5.65. The zero-order valence-electron chi connectivity index (χ0n) is 13.5. The fourth-order valence-electron chi connectivity index (χ4n) is 4.69. The minimum Gasteiger partial charge on any atom is -0.329 e. The zero-order chi connectivity index (χ0) is 14.1. The van der Waals surface area contributed by atoms with Gasteiger partial charge in [-0.2, -0.15) is 0 Å². The van der Waals surface area contributed by atoms with E-state index in [1.54, 1.807) is 0 Å². The van der Waals surface area contributed by atoms with Crippen LogP contribution in [0.2, 0.25) is 0 Å². The van der Waals surface area contributed by atoms with Crippen LogP contribution >= 0.6 is 0 Å². The van der Waals surface area contributed by atoms with Gasteiger partial charge in [0.15, 0.2) is 0 Å². The van der Waals surface area contributed by atoms with Crippen molar-refractivity contribution < 1.29 is 0 Å². The highest BCUT2D eigenvalue weighted by molar-refractivity contribution is 4.98. The van der Waals surface area contributed by atoms with Crippen LogP contribution in [0.4, 0.5) is 0 Å². The van der Waals surface area contributed by atoms with E-state index in [1.807, 2.05) is 0 Å². The number of hydrogen-bond acceptors (Lipinski definition) is 2. The molecule has 1 heterocycles. The van der Waals surface area contributed by atoms with E-state index in [0.29, 0.717) is 11.0 Å². The van der Waals surface area contributed by atoms with E-state index in [1.165, 1.54) is 51.6 Å². The van der Waals surface area contributed by atoms with Gasteiger partial charge >= 0.3 is 0 Å². The van der Waals surface area contributed by atoms with Gasteiger partial charge in [0.05, 0.1) is 0 Å². The van der Waals surface area contributed by atoms with Crippen molar-refractivity contribution in [3.8, 4) is 0 Å². The first kappa shape index (κ1) is 15.3. The minimum absolute atomic E-state index is 0.303. The second kappa shape index (κ2) is 5.73. The van der Waals surface area contributed by atoms with Crippen LogP contribution in [0.3, 0.4) is 0 Å². The molecule has 0 amide bonds. The lowest BCUT2D eigenvalue weighted by Crippen LogP contribution is -2.57. The van der Waals surface area contributed by atoms with E-state index in [0.717, 1.165) is 18.4 Å². The number of likely N-dealkylation sites (tertiary alicyclic amines) is 1. The van der Waals surface area contributed by atoms with Gasteiger partial charge in [-0.1, -0.05) is 27.7 Å². The third-order valence-electron chi connectivity index (χ3n) is 5.65. The molecule has 2 atom stereocenters. The van der Waals surface area contributed by atoms with Crippen molar-refractivity contribution in [2.75, 3.05) is 19.6 Å². The van der Waals surface area contributed by atoms with Gasteiger partial charge in [-0.25, -0.2) is 0 Å². The Morgan fingerprint density at radius 1 is 1.05 bits per heavy atom. The molecule has 19 heavy (non-hydrogen) atoms. The molecule has 1 aliphatic heterocycles. The van der Waals surface area contributed by atoms with Crippen molar-refractivity contribution in [3.63, 3.8) is 0 Å². The average molecular weight is 266 g/mol. The van der Waals surface area contributed by atoms with E-state index < -0.39 is 0 Å². The average Bonchev–Trinajstić information content (AvgIpc) is 2.49. The zero-order valence-corrected chi connectivity index (χ0v) is 13.5. The summed E-state index contributed by atoms with van der Waals surface area (Å²) < 4.78 is 0. The summed E-state index contributed by atoms with van der Waals surface area (Å²) in [6.45, 7) is 13.1. The standard InChI is InChI=1S/C17H34N2/c1-14-10-15(2)12-17(11-14,13-18)19-8-5-6-16(3,4)7-9-19/h14-15H,5-13,18H2,1-4H3. The Bertz CT molecular complexity index is 288. The van der Waals surface area contributed by atoms with Crippen molar-refractivity contribution in [3.05, 3.63) is 0 Å². The molecule has 2 fully saturated rings. The maximum Gasteiger partial charge on any atom is 0.0336 e. The Morgan fingerprint density at radius 2 is 1.68 bits per heavy atom. The van der Waals surface area contributed by atoms with Crippen LogP contribution in [-0.2, 0) is 0 Å². The van der Waals surface area contributed by atoms with Crippen LogP contribution in [-0.4, -0.2) is 30.1 Å². The molecule has 2 unspecified atom stereocenters. The van der Waals surface area contributed by atoms with Crippen molar-refractivity contribution in [1.29, 1.82) is 0 Å². The molecule has 2 rings (SSSR count). The number of rotatable bonds is 2. The molecule has 2 nitrogen and oxygen atoms in total. The Balaban J connectivity index is 2.12. The fourth-order valence-corrected chi connectivity index (χ4v) is 4.69. The molecule has 0 bridgehead atoms. The van der Waals surface area contributed by atoms with Gasteiger partial charge in [-0.15, -0.1) is 0 Å². The lowest BCUT2D eigenvalue weighted by molar-refractivity contribution is 0.0200. The topological polar surface area (TPSA) is 29.3 Å². The summed E-state index contributed by atoms with van der Waals surface area (Å²) in [6.07, 6.45) is 8.06. The molecular formula is C17H34N2. The first-order valence-electron chi connectivity index (χ1n) is 8.32. The smallest absolute Gasteiger partial charge is 0.0336 e. The van der Waals surface area contributed by atoms with Crippen molar-refractivity contribution in [1.82, 2.24) is 4.90 Å². The molecule has 0 radical (unpaired) electrons. The fraction of sp³-hybridized carbons (Fsp3) is 1.00. The first-order chi connectivity index (χ1) is 8.87. The van der Waals surface area contributed by atoms with Gasteiger partial charge in [-0.3, -0.25) is 4.90 Å². The van der Waals surface area contributed by atoms with Gasteiger partial charge in [-0.05, 0) is 68.9 Å². The Hall–Kier alpha value is -0.0800. The monoisotopic (exact) mass is 266 g/mol. The Morgan fingerprint density at radius 3 is 2.26 bits per heavy atom. The van der Waals surface area contributed by atoms with Crippen LogP contribution in [0.1, 0.15) is 66.2 Å². The van der Waals surface area contributed by atoms with Crippen LogP contribution in [0.5, 0.6) is 0 Å². The van der Waals surface area contributed by atoms with Crippen molar-refractivity contribution in [2.45, 2.75) is 71.8 Å². The van der Waals surface area contributed by atoms with Gasteiger partial charge in [0.25, 0.3) is 0 Å². The summed E-state index contributed by atoms with van der Waals surface area (Å²) >= 11 is 0. The predicted molar refractivity (Wildman–Crippen MR) is 83.2 cm³/mol. The molecule has 1 saturated heterocycles. The third kappa shape index (κ3) is 3.52. The van der Waals surface area contributed by atoms with Crippen LogP contribution < -0.4 is 5.73 Å². The summed E-state index contributed by atoms with van der Waals surface area (Å²) in [5.41, 5.74) is 7.10. The van der Waals surface area contributed by atoms with Crippen LogP contribution in [0.25, 0.3) is 0 Å². The predicted octanol–water partition coefficient (Wildman–Crippen LogP) is 3.65. The van der Waals surface area contributed by atoms with Crippen molar-refractivity contribution >= 4 is 0 Å². The highest BCUT2D eigenvalue weighted by Gasteiger charge is 2.42. The highest BCUT2D eigenvalue weighted by atomic mass is 15.2. The van der Waals surface area contributed by atoms with Gasteiger partial charge in [0.1, 0.15) is 0 Å². The molecule has 2 N–H and O–H groups in total. The molecule has 0 aromatic carbocycles. The maximum atomic E-state index is 6.27. The van der Waals surface area contributed by atoms with Crippen LogP contribution in [0, 0.1) is 17.3 Å². The SMILES string of the molecule is CC1CC(C)CC(CN)(N2CCCC(C)(C)CC2)C1. The van der Waals surface area contributed by atoms with E-state index in [9.17, 15) is 0 Å². The van der Waals surface area contributed by atoms with Crippen molar-refractivity contribution in [2.24, 2.45) is 23.0 Å². The first-order valence-corrected chi connectivity index (χ1v) is 8.32. The number of nitrogens with zero attached hydrogens (tertiary/aromatic N) is 1. The summed E-state index contributed by atoms with van der Waals surface area (Å²) in [4.78, 5) is 2.77. The molecule has 2 heteroatoms. The molecule has 0 aromatic heterocycles. The lowest BCUT2D eigenvalue weighted by Gasteiger charge is -2.49. The molecule has 2 aliphatic rings. The van der Waals surface area contributed by atoms with E-state index in [2.05, 4.69) is 32.6 Å². The van der Waals surface area contributed by atoms with Crippen LogP contribution in [0.15, 0.2) is 0 Å². The number of hydrogen-bond donors (Lipinski definition) is 1. The number of nitrogens with two attached hydrogens (primary N) is 1. The lowest BCUT2D eigenvalue weighted by atomic mass is 9.70. The molecule has 0 spiro atoms. The quantitative estimate of drug-likeness (QED) is 0.826. The van der Waals surface area contributed by atoms with E-state index in [-0.39, 0.29) is 0 Å². The minimum atomic E-state index is 0.303. The highest BCUT2D eigenvalue weighted by Crippen LogP contribution is 2.41. The molecular weight excluding hydrogens is 232 g/mol. The Labute approximate surface area is 120 Å². The molecule has 1 saturated carbocycles. The van der Waals surface area contributed by atoms with Gasteiger partial charge < -0.3 is 5.73 Å². The second-order valence-electron chi connectivity index (χ2n) is 8.29. The molecule has 1 aliphatic carbocycles. The summed E-state index contributed by atoms with van der Waals surface area (Å²) in [5.74, 6) is 1.67. The molecule has 0 aromatic rings. The Kier molecular flexibility index (Phi) is 4.62. The maximum absolute atomic E-state index is 6.27. The summed E-state index contributed by atoms with van der Waals surface area (Å²) in [5, 5.41) is 0. The summed E-state index contributed by atoms with van der Waals surface area (Å²) in [7, 11) is 0. The normalized spacial score (nSPS) is 40.9. The van der Waals surface area contributed by atoms with Gasteiger partial charge in [0, 0.05) is 12.1 Å².